The molecule has 0 spiro atoms. The lowest BCUT2D eigenvalue weighted by Crippen LogP contribution is -2.58. The second-order valence-electron chi connectivity index (χ2n) is 4.81. The third kappa shape index (κ3) is 7.06. The van der Waals surface area contributed by atoms with Crippen LogP contribution in [0.1, 0.15) is 67.2 Å². The largest absolute Gasteiger partial charge is 0.336 e. The molecule has 2 atom stereocenters. The molecule has 0 aromatic rings. The van der Waals surface area contributed by atoms with Gasteiger partial charge in [-0.3, -0.25) is 0 Å². The molecule has 1 radical (unpaired) electrons. The first-order valence-corrected chi connectivity index (χ1v) is 8.37. The molecule has 127 valence electrons. The van der Waals surface area contributed by atoms with E-state index in [4.69, 9.17) is 24.3 Å². The fraction of sp³-hybridized carbons (Fsp3) is 1.00. The molecule has 2 unspecified atom stereocenters. The number of nitrogens with zero attached hydrogens (tertiary/aromatic N) is 1. The summed E-state index contributed by atoms with van der Waals surface area (Å²) in [6.45, 7) is 14.3. The highest BCUT2D eigenvalue weighted by Crippen LogP contribution is 2.26. The molecule has 0 saturated heterocycles. The van der Waals surface area contributed by atoms with Crippen molar-refractivity contribution >= 4 is 0 Å². The third-order valence-corrected chi connectivity index (χ3v) is 3.04. The Labute approximate surface area is 130 Å². The van der Waals surface area contributed by atoms with Gasteiger partial charge in [0.1, 0.15) is 0 Å². The second-order valence-corrected chi connectivity index (χ2v) is 4.81. The monoisotopic (exact) mass is 304 g/mol. The van der Waals surface area contributed by atoms with Gasteiger partial charge in [0.25, 0.3) is 0 Å². The first-order chi connectivity index (χ1) is 10.1. The zero-order valence-electron chi connectivity index (χ0n) is 14.7. The minimum atomic E-state index is -0.996. The maximum absolute atomic E-state index is 5.90. The first kappa shape index (κ1) is 20.8. The van der Waals surface area contributed by atoms with Gasteiger partial charge < -0.3 is 18.9 Å². The molecule has 21 heavy (non-hydrogen) atoms. The van der Waals surface area contributed by atoms with Crippen LogP contribution in [0, 0.1) is 0 Å². The molecular formula is C16H34NO4. The Kier molecular flexibility index (Phi) is 11.3. The lowest BCUT2D eigenvalue weighted by molar-refractivity contribution is -0.347. The van der Waals surface area contributed by atoms with Crippen molar-refractivity contribution in [2.75, 3.05) is 26.4 Å². The number of hydrogen-bond acceptors (Lipinski definition) is 4. The van der Waals surface area contributed by atoms with E-state index in [9.17, 15) is 0 Å². The van der Waals surface area contributed by atoms with E-state index in [0.717, 1.165) is 12.8 Å². The summed E-state index contributed by atoms with van der Waals surface area (Å²) in [6, 6.07) is 0. The molecule has 0 saturated carbocycles. The van der Waals surface area contributed by atoms with Crippen LogP contribution in [0.25, 0.3) is 0 Å². The summed E-state index contributed by atoms with van der Waals surface area (Å²) in [7, 11) is 0. The summed E-state index contributed by atoms with van der Waals surface area (Å²) < 4.78 is 23.4. The van der Waals surface area contributed by atoms with Crippen LogP contribution >= 0.6 is 0 Å². The Hall–Kier alpha value is -0.200. The zero-order valence-corrected chi connectivity index (χ0v) is 14.7. The lowest BCUT2D eigenvalue weighted by Gasteiger charge is -2.40. The molecule has 0 amide bonds. The Bertz CT molecular complexity index is 228. The Balaban J connectivity index is 5.14. The maximum Gasteiger partial charge on any atom is 0.247 e. The quantitative estimate of drug-likeness (QED) is 0.460. The molecular weight excluding hydrogens is 270 g/mol. The molecule has 5 heteroatoms. The number of hydrogen-bond donors (Lipinski definition) is 0. The molecule has 0 aromatic heterocycles. The summed E-state index contributed by atoms with van der Waals surface area (Å²) >= 11 is 0. The predicted molar refractivity (Wildman–Crippen MR) is 83.9 cm³/mol. The van der Waals surface area contributed by atoms with Crippen molar-refractivity contribution in [2.24, 2.45) is 0 Å². The minimum Gasteiger partial charge on any atom is -0.336 e. The second kappa shape index (κ2) is 11.4. The molecule has 0 aliphatic carbocycles. The number of rotatable bonds is 14. The van der Waals surface area contributed by atoms with Gasteiger partial charge in [0.15, 0.2) is 0 Å². The predicted octanol–water partition coefficient (Wildman–Crippen LogP) is 3.64. The standard InChI is InChI=1S/C16H34NO4/c1-7-13-20-15(9-3,18-11-5)17-16(10-4,19-12-6)21-14-8-2/h7-14H2,1-6H3. The summed E-state index contributed by atoms with van der Waals surface area (Å²) in [5.74, 6) is -1.99. The minimum absolute atomic E-state index is 0.529. The van der Waals surface area contributed by atoms with Crippen LogP contribution in [0.4, 0.5) is 0 Å². The van der Waals surface area contributed by atoms with Crippen LogP contribution in [0.5, 0.6) is 0 Å². The third-order valence-electron chi connectivity index (χ3n) is 3.04. The molecule has 0 heterocycles. The van der Waals surface area contributed by atoms with Crippen LogP contribution in [0.3, 0.4) is 0 Å². The van der Waals surface area contributed by atoms with E-state index in [1.807, 2.05) is 27.7 Å². The van der Waals surface area contributed by atoms with E-state index in [1.54, 1.807) is 0 Å². The average Bonchev–Trinajstić information content (AvgIpc) is 2.50. The van der Waals surface area contributed by atoms with Crippen LogP contribution in [0.15, 0.2) is 0 Å². The molecule has 0 N–H and O–H groups in total. The van der Waals surface area contributed by atoms with Gasteiger partial charge in [0, 0.05) is 26.1 Å². The summed E-state index contributed by atoms with van der Waals surface area (Å²) in [5, 5.41) is 4.74. The molecule has 0 aromatic carbocycles. The van der Waals surface area contributed by atoms with E-state index in [-0.39, 0.29) is 0 Å². The van der Waals surface area contributed by atoms with Crippen LogP contribution in [-0.4, -0.2) is 38.2 Å². The Morgan fingerprint density at radius 3 is 1.24 bits per heavy atom. The van der Waals surface area contributed by atoms with E-state index in [1.165, 1.54) is 0 Å². The van der Waals surface area contributed by atoms with E-state index >= 15 is 0 Å². The van der Waals surface area contributed by atoms with E-state index in [2.05, 4.69) is 13.8 Å². The summed E-state index contributed by atoms with van der Waals surface area (Å²) in [5.41, 5.74) is 0. The molecule has 0 aliphatic heterocycles. The fourth-order valence-electron chi connectivity index (χ4n) is 2.01. The Morgan fingerprint density at radius 1 is 0.619 bits per heavy atom. The van der Waals surface area contributed by atoms with Crippen molar-refractivity contribution in [2.45, 2.75) is 79.0 Å². The summed E-state index contributed by atoms with van der Waals surface area (Å²) in [6.07, 6.45) is 3.05. The highest BCUT2D eigenvalue weighted by molar-refractivity contribution is 4.74. The van der Waals surface area contributed by atoms with Crippen LogP contribution < -0.4 is 5.32 Å². The van der Waals surface area contributed by atoms with Crippen molar-refractivity contribution in [3.05, 3.63) is 0 Å². The topological polar surface area (TPSA) is 51.0 Å². The molecule has 0 bridgehead atoms. The molecule has 0 aliphatic rings. The van der Waals surface area contributed by atoms with Crippen molar-refractivity contribution in [1.82, 2.24) is 5.32 Å². The maximum atomic E-state index is 5.90. The highest BCUT2D eigenvalue weighted by Gasteiger charge is 2.43. The Morgan fingerprint density at radius 2 is 1.00 bits per heavy atom. The van der Waals surface area contributed by atoms with Crippen LogP contribution in [0.2, 0.25) is 0 Å². The van der Waals surface area contributed by atoms with Gasteiger partial charge in [0.05, 0.1) is 13.2 Å². The van der Waals surface area contributed by atoms with Gasteiger partial charge in [-0.1, -0.05) is 27.7 Å². The smallest absolute Gasteiger partial charge is 0.247 e. The van der Waals surface area contributed by atoms with Crippen molar-refractivity contribution in [3.63, 3.8) is 0 Å². The highest BCUT2D eigenvalue weighted by atomic mass is 16.8. The normalized spacial score (nSPS) is 17.4. The SMILES string of the molecule is CCCOC(CC)([N]C(CC)(OCC)OCCC)OCC. The first-order valence-electron chi connectivity index (χ1n) is 8.37. The van der Waals surface area contributed by atoms with E-state index in [0.29, 0.717) is 39.3 Å². The van der Waals surface area contributed by atoms with Gasteiger partial charge in [-0.25, -0.2) is 0 Å². The molecule has 5 nitrogen and oxygen atoms in total. The van der Waals surface area contributed by atoms with Crippen molar-refractivity contribution < 1.29 is 18.9 Å². The van der Waals surface area contributed by atoms with Crippen LogP contribution in [-0.2, 0) is 18.9 Å². The average molecular weight is 304 g/mol. The molecule has 0 fully saturated rings. The van der Waals surface area contributed by atoms with Crippen molar-refractivity contribution in [1.29, 1.82) is 0 Å². The zero-order chi connectivity index (χ0) is 16.2. The molecule has 0 rings (SSSR count). The fourth-order valence-corrected chi connectivity index (χ4v) is 2.01. The van der Waals surface area contributed by atoms with Gasteiger partial charge in [-0.15, -0.1) is 5.32 Å². The van der Waals surface area contributed by atoms with Gasteiger partial charge in [-0.2, -0.15) is 0 Å². The van der Waals surface area contributed by atoms with Gasteiger partial charge in [0.2, 0.25) is 11.8 Å². The number of ether oxygens (including phenoxy) is 4. The van der Waals surface area contributed by atoms with Crippen molar-refractivity contribution in [3.8, 4) is 0 Å². The van der Waals surface area contributed by atoms with Gasteiger partial charge in [-0.05, 0) is 26.7 Å². The lowest BCUT2D eigenvalue weighted by atomic mass is 10.2. The summed E-state index contributed by atoms with van der Waals surface area (Å²) in [4.78, 5) is 0. The van der Waals surface area contributed by atoms with E-state index < -0.39 is 11.8 Å². The van der Waals surface area contributed by atoms with Gasteiger partial charge >= 0.3 is 0 Å².